The van der Waals surface area contributed by atoms with E-state index in [2.05, 4.69) is 10.3 Å². The molecule has 0 aliphatic rings. The van der Waals surface area contributed by atoms with Crippen molar-refractivity contribution in [1.29, 1.82) is 0 Å². The van der Waals surface area contributed by atoms with Crippen molar-refractivity contribution in [2.75, 3.05) is 0 Å². The van der Waals surface area contributed by atoms with Crippen molar-refractivity contribution in [3.63, 3.8) is 0 Å². The summed E-state index contributed by atoms with van der Waals surface area (Å²) in [5.41, 5.74) is 0.815. The molecule has 1 aromatic heterocycles. The number of amides is 1. The van der Waals surface area contributed by atoms with Crippen LogP contribution in [-0.2, 0) is 4.79 Å². The zero-order valence-corrected chi connectivity index (χ0v) is 11.8. The summed E-state index contributed by atoms with van der Waals surface area (Å²) in [6.45, 7) is 1.71. The summed E-state index contributed by atoms with van der Waals surface area (Å²) in [6.07, 6.45) is 1.75. The molecule has 22 heavy (non-hydrogen) atoms. The Balaban J connectivity index is 2.19. The second-order valence-electron chi connectivity index (χ2n) is 5.00. The van der Waals surface area contributed by atoms with Gasteiger partial charge < -0.3 is 15.4 Å². The zero-order valence-electron chi connectivity index (χ0n) is 11.8. The van der Waals surface area contributed by atoms with Crippen LogP contribution in [0.3, 0.4) is 0 Å². The fourth-order valence-electron chi connectivity index (χ4n) is 2.12. The highest BCUT2D eigenvalue weighted by atomic mass is 16.6. The van der Waals surface area contributed by atoms with Gasteiger partial charge in [0.25, 0.3) is 11.6 Å². The molecular formula is C14H15N3O5. The number of nitrogens with one attached hydrogen (secondary N) is 2. The molecule has 0 aliphatic carbocycles. The molecule has 3 N–H and O–H groups in total. The summed E-state index contributed by atoms with van der Waals surface area (Å²) in [5, 5.41) is 22.6. The van der Waals surface area contributed by atoms with Crippen LogP contribution in [0.25, 0.3) is 10.9 Å². The number of nitrogens with zero attached hydrogens (tertiary/aromatic N) is 1. The first-order valence-corrected chi connectivity index (χ1v) is 6.66. The van der Waals surface area contributed by atoms with Gasteiger partial charge in [0.1, 0.15) is 0 Å². The van der Waals surface area contributed by atoms with Crippen molar-refractivity contribution in [1.82, 2.24) is 10.3 Å². The topological polar surface area (TPSA) is 125 Å². The van der Waals surface area contributed by atoms with Gasteiger partial charge in [-0.25, -0.2) is 0 Å². The molecule has 8 nitrogen and oxygen atoms in total. The second-order valence-corrected chi connectivity index (χ2v) is 5.00. The van der Waals surface area contributed by atoms with Crippen molar-refractivity contribution in [3.8, 4) is 0 Å². The van der Waals surface area contributed by atoms with E-state index in [0.717, 1.165) is 0 Å². The highest BCUT2D eigenvalue weighted by Gasteiger charge is 2.17. The summed E-state index contributed by atoms with van der Waals surface area (Å²) in [7, 11) is 0. The van der Waals surface area contributed by atoms with Crippen molar-refractivity contribution in [3.05, 3.63) is 40.1 Å². The summed E-state index contributed by atoms with van der Waals surface area (Å²) in [4.78, 5) is 35.9. The minimum atomic E-state index is -0.927. The number of aromatic nitrogens is 1. The van der Waals surface area contributed by atoms with Crippen molar-refractivity contribution < 1.29 is 19.6 Å². The fourth-order valence-corrected chi connectivity index (χ4v) is 2.12. The number of aromatic amines is 1. The third kappa shape index (κ3) is 3.40. The number of fused-ring (bicyclic) bond motifs is 1. The molecule has 2 rings (SSSR count). The summed E-state index contributed by atoms with van der Waals surface area (Å²) in [6, 6.07) is 3.92. The molecule has 2 aromatic rings. The lowest BCUT2D eigenvalue weighted by Gasteiger charge is -2.12. The van der Waals surface area contributed by atoms with Crippen molar-refractivity contribution in [2.45, 2.75) is 25.8 Å². The maximum atomic E-state index is 12.2. The number of hydrogen-bond donors (Lipinski definition) is 3. The van der Waals surface area contributed by atoms with Gasteiger partial charge in [-0.3, -0.25) is 19.7 Å². The van der Waals surface area contributed by atoms with Crippen molar-refractivity contribution in [2.24, 2.45) is 0 Å². The Morgan fingerprint density at radius 1 is 1.45 bits per heavy atom. The van der Waals surface area contributed by atoms with Gasteiger partial charge in [-0.1, -0.05) is 0 Å². The molecule has 116 valence electrons. The van der Waals surface area contributed by atoms with Crippen LogP contribution in [0.2, 0.25) is 0 Å². The molecule has 1 heterocycles. The molecular weight excluding hydrogens is 290 g/mol. The first-order chi connectivity index (χ1) is 10.4. The number of H-pyrrole nitrogens is 1. The highest BCUT2D eigenvalue weighted by molar-refractivity contribution is 6.07. The molecule has 1 amide bonds. The van der Waals surface area contributed by atoms with Crippen LogP contribution in [0.4, 0.5) is 5.69 Å². The molecule has 1 unspecified atom stereocenters. The number of carbonyl (C=O) groups is 2. The van der Waals surface area contributed by atoms with Crippen LogP contribution < -0.4 is 5.32 Å². The Hall–Kier alpha value is -2.90. The average molecular weight is 305 g/mol. The van der Waals surface area contributed by atoms with E-state index < -0.39 is 16.8 Å². The van der Waals surface area contributed by atoms with E-state index in [9.17, 15) is 19.7 Å². The molecule has 0 fully saturated rings. The number of carbonyl (C=O) groups excluding carboxylic acids is 1. The molecule has 0 radical (unpaired) electrons. The lowest BCUT2D eigenvalue weighted by Crippen LogP contribution is -2.32. The molecule has 0 saturated heterocycles. The quantitative estimate of drug-likeness (QED) is 0.556. The number of non-ortho nitro benzene ring substituents is 1. The summed E-state index contributed by atoms with van der Waals surface area (Å²) in [5.74, 6) is -1.33. The monoisotopic (exact) mass is 305 g/mol. The van der Waals surface area contributed by atoms with Gasteiger partial charge in [-0.05, 0) is 19.4 Å². The Morgan fingerprint density at radius 2 is 2.18 bits per heavy atom. The van der Waals surface area contributed by atoms with E-state index in [4.69, 9.17) is 5.11 Å². The SMILES string of the molecule is CC(CCC(=O)O)NC(=O)c1c[nH]c2ccc([N+](=O)[O-])cc12. The van der Waals surface area contributed by atoms with Gasteiger partial charge in [0.05, 0.1) is 10.5 Å². The standard InChI is InChI=1S/C14H15N3O5/c1-8(2-5-13(18)19)16-14(20)11-7-15-12-4-3-9(17(21)22)6-10(11)12/h3-4,6-8,15H,2,5H2,1H3,(H,16,20)(H,18,19). The van der Waals surface area contributed by atoms with Gasteiger partial charge in [-0.2, -0.15) is 0 Å². The molecule has 8 heteroatoms. The largest absolute Gasteiger partial charge is 0.481 e. The van der Waals surface area contributed by atoms with E-state index in [1.54, 1.807) is 6.92 Å². The van der Waals surface area contributed by atoms with Crippen LogP contribution in [0.5, 0.6) is 0 Å². The number of carboxylic acids is 1. The molecule has 0 bridgehead atoms. The highest BCUT2D eigenvalue weighted by Crippen LogP contribution is 2.23. The minimum Gasteiger partial charge on any atom is -0.481 e. The van der Waals surface area contributed by atoms with E-state index in [0.29, 0.717) is 22.9 Å². The van der Waals surface area contributed by atoms with E-state index in [1.165, 1.54) is 24.4 Å². The molecule has 0 saturated carbocycles. The predicted octanol–water partition coefficient (Wildman–Crippen LogP) is 2.06. The third-order valence-corrected chi connectivity index (χ3v) is 3.29. The van der Waals surface area contributed by atoms with E-state index in [-0.39, 0.29) is 18.2 Å². The van der Waals surface area contributed by atoms with Gasteiger partial charge in [-0.15, -0.1) is 0 Å². The fraction of sp³-hybridized carbons (Fsp3) is 0.286. The number of rotatable bonds is 6. The maximum Gasteiger partial charge on any atom is 0.303 e. The lowest BCUT2D eigenvalue weighted by atomic mass is 10.1. The Morgan fingerprint density at radius 3 is 2.82 bits per heavy atom. The van der Waals surface area contributed by atoms with Crippen LogP contribution in [0.15, 0.2) is 24.4 Å². The third-order valence-electron chi connectivity index (χ3n) is 3.29. The van der Waals surface area contributed by atoms with Gasteiger partial charge in [0.2, 0.25) is 0 Å². The lowest BCUT2D eigenvalue weighted by molar-refractivity contribution is -0.384. The van der Waals surface area contributed by atoms with Crippen LogP contribution in [0.1, 0.15) is 30.1 Å². The first-order valence-electron chi connectivity index (χ1n) is 6.66. The number of aliphatic carboxylic acids is 1. The summed E-state index contributed by atoms with van der Waals surface area (Å²) >= 11 is 0. The van der Waals surface area contributed by atoms with Gasteiger partial charge in [0.15, 0.2) is 0 Å². The van der Waals surface area contributed by atoms with E-state index in [1.807, 2.05) is 0 Å². The summed E-state index contributed by atoms with van der Waals surface area (Å²) < 4.78 is 0. The van der Waals surface area contributed by atoms with Crippen LogP contribution in [0, 0.1) is 10.1 Å². The first kappa shape index (κ1) is 15.5. The maximum absolute atomic E-state index is 12.2. The average Bonchev–Trinajstić information content (AvgIpc) is 2.87. The molecule has 1 aromatic carbocycles. The van der Waals surface area contributed by atoms with Crippen LogP contribution in [-0.4, -0.2) is 32.9 Å². The molecule has 0 aliphatic heterocycles. The van der Waals surface area contributed by atoms with E-state index >= 15 is 0 Å². The minimum absolute atomic E-state index is 0.0409. The number of carboxylic acid groups (broad SMARTS) is 1. The van der Waals surface area contributed by atoms with Crippen molar-refractivity contribution >= 4 is 28.5 Å². The van der Waals surface area contributed by atoms with Crippen LogP contribution >= 0.6 is 0 Å². The molecule has 0 spiro atoms. The Labute approximate surface area is 125 Å². The predicted molar refractivity (Wildman–Crippen MR) is 78.8 cm³/mol. The zero-order chi connectivity index (χ0) is 16.3. The number of benzene rings is 1. The van der Waals surface area contributed by atoms with Gasteiger partial charge in [0, 0.05) is 41.7 Å². The number of nitro benzene ring substituents is 1. The normalized spacial score (nSPS) is 12.0. The second kappa shape index (κ2) is 6.25. The smallest absolute Gasteiger partial charge is 0.303 e. The number of hydrogen-bond acceptors (Lipinski definition) is 4. The Kier molecular flexibility index (Phi) is 4.40. The Bertz CT molecular complexity index is 737. The number of nitro groups is 1. The van der Waals surface area contributed by atoms with Gasteiger partial charge >= 0.3 is 5.97 Å². The molecule has 1 atom stereocenters.